The molecule has 2 aliphatic rings. The van der Waals surface area contributed by atoms with Crippen LogP contribution in [-0.4, -0.2) is 84.1 Å². The number of nitrogens with one attached hydrogen (secondary N) is 1. The fourth-order valence-electron chi connectivity index (χ4n) is 2.77. The Hall–Kier alpha value is -1.96. The first-order valence-corrected chi connectivity index (χ1v) is 8.47. The number of carbonyl (C=O) groups is 4. The van der Waals surface area contributed by atoms with E-state index in [0.717, 1.165) is 4.90 Å². The van der Waals surface area contributed by atoms with Crippen molar-refractivity contribution in [1.82, 2.24) is 20.0 Å². The van der Waals surface area contributed by atoms with E-state index in [1.54, 1.807) is 4.90 Å². The van der Waals surface area contributed by atoms with Gasteiger partial charge in [0.1, 0.15) is 6.54 Å². The molecule has 8 heteroatoms. The Balaban J connectivity index is 1.72. The summed E-state index contributed by atoms with van der Waals surface area (Å²) < 4.78 is 0. The number of carbonyl (C=O) groups excluding carboxylic acids is 4. The highest BCUT2D eigenvalue weighted by atomic mass is 16.2. The minimum Gasteiger partial charge on any atom is -0.355 e. The fourth-order valence-corrected chi connectivity index (χ4v) is 2.77. The molecule has 0 atom stereocenters. The smallest absolute Gasteiger partial charge is 0.242 e. The Labute approximate surface area is 142 Å². The molecule has 2 saturated heterocycles. The highest BCUT2D eigenvalue weighted by molar-refractivity contribution is 6.04. The third-order valence-corrected chi connectivity index (χ3v) is 4.25. The molecule has 24 heavy (non-hydrogen) atoms. The zero-order valence-corrected chi connectivity index (χ0v) is 14.4. The topological polar surface area (TPSA) is 90.0 Å². The van der Waals surface area contributed by atoms with Crippen LogP contribution >= 0.6 is 0 Å². The number of likely N-dealkylation sites (tertiary alicyclic amines) is 1. The van der Waals surface area contributed by atoms with Crippen molar-refractivity contribution in [2.75, 3.05) is 45.8 Å². The molecule has 0 aromatic carbocycles. The van der Waals surface area contributed by atoms with E-state index < -0.39 is 0 Å². The minimum atomic E-state index is -0.270. The van der Waals surface area contributed by atoms with Gasteiger partial charge in [-0.25, -0.2) is 0 Å². The van der Waals surface area contributed by atoms with Gasteiger partial charge in [0.2, 0.25) is 23.6 Å². The van der Waals surface area contributed by atoms with Crippen LogP contribution in [0.1, 0.15) is 26.7 Å². The third-order valence-electron chi connectivity index (χ3n) is 4.25. The highest BCUT2D eigenvalue weighted by Crippen LogP contribution is 2.12. The van der Waals surface area contributed by atoms with Crippen LogP contribution in [0.15, 0.2) is 0 Å². The largest absolute Gasteiger partial charge is 0.355 e. The van der Waals surface area contributed by atoms with Crippen LogP contribution in [0.5, 0.6) is 0 Å². The number of imide groups is 1. The maximum atomic E-state index is 12.2. The highest BCUT2D eigenvalue weighted by Gasteiger charge is 2.32. The van der Waals surface area contributed by atoms with Crippen LogP contribution in [0.4, 0.5) is 0 Å². The van der Waals surface area contributed by atoms with Crippen LogP contribution in [0, 0.1) is 5.92 Å². The molecule has 0 aliphatic carbocycles. The van der Waals surface area contributed by atoms with E-state index in [4.69, 9.17) is 0 Å². The summed E-state index contributed by atoms with van der Waals surface area (Å²) in [4.78, 5) is 51.9. The quantitative estimate of drug-likeness (QED) is 0.631. The number of piperazine rings is 1. The average Bonchev–Trinajstić information content (AvgIpc) is 2.85. The van der Waals surface area contributed by atoms with Crippen molar-refractivity contribution in [2.45, 2.75) is 26.7 Å². The predicted molar refractivity (Wildman–Crippen MR) is 86.8 cm³/mol. The van der Waals surface area contributed by atoms with Gasteiger partial charge in [-0.3, -0.25) is 29.0 Å². The molecule has 8 nitrogen and oxygen atoms in total. The predicted octanol–water partition coefficient (Wildman–Crippen LogP) is -0.948. The molecule has 0 spiro atoms. The summed E-state index contributed by atoms with van der Waals surface area (Å²) in [6.07, 6.45) is 0.400. The number of amides is 4. The lowest BCUT2D eigenvalue weighted by atomic mass is 10.2. The molecule has 0 aromatic heterocycles. The Bertz CT molecular complexity index is 496. The number of nitrogens with zero attached hydrogens (tertiary/aromatic N) is 3. The van der Waals surface area contributed by atoms with Crippen molar-refractivity contribution >= 4 is 23.6 Å². The van der Waals surface area contributed by atoms with E-state index in [0.29, 0.717) is 45.2 Å². The SMILES string of the molecule is CC(C)CNC(=O)CN1CCN(C(=O)CN2C(=O)CCC2=O)CC1. The van der Waals surface area contributed by atoms with Crippen LogP contribution in [0.25, 0.3) is 0 Å². The first kappa shape index (κ1) is 18.4. The molecule has 0 radical (unpaired) electrons. The van der Waals surface area contributed by atoms with E-state index in [1.165, 1.54) is 0 Å². The Kier molecular flexibility index (Phi) is 6.30. The van der Waals surface area contributed by atoms with E-state index in [1.807, 2.05) is 18.7 Å². The van der Waals surface area contributed by atoms with Crippen LogP contribution in [-0.2, 0) is 19.2 Å². The molecule has 2 rings (SSSR count). The molecular weight excluding hydrogens is 312 g/mol. The number of hydrogen-bond donors (Lipinski definition) is 1. The van der Waals surface area contributed by atoms with Gasteiger partial charge in [-0.2, -0.15) is 0 Å². The van der Waals surface area contributed by atoms with Gasteiger partial charge in [-0.15, -0.1) is 0 Å². The molecular formula is C16H26N4O4. The van der Waals surface area contributed by atoms with Crippen molar-refractivity contribution in [3.63, 3.8) is 0 Å². The van der Waals surface area contributed by atoms with Crippen LogP contribution < -0.4 is 5.32 Å². The van der Waals surface area contributed by atoms with Gasteiger partial charge in [-0.05, 0) is 5.92 Å². The summed E-state index contributed by atoms with van der Waals surface area (Å²) in [5, 5.41) is 2.88. The van der Waals surface area contributed by atoms with E-state index in [2.05, 4.69) is 5.32 Å². The molecule has 0 unspecified atom stereocenters. The summed E-state index contributed by atoms with van der Waals surface area (Å²) in [6.45, 7) is 7.16. The van der Waals surface area contributed by atoms with Crippen molar-refractivity contribution in [3.8, 4) is 0 Å². The van der Waals surface area contributed by atoms with Gasteiger partial charge in [0.05, 0.1) is 6.54 Å². The summed E-state index contributed by atoms with van der Waals surface area (Å²) in [5.74, 6) is -0.332. The zero-order chi connectivity index (χ0) is 17.7. The van der Waals surface area contributed by atoms with Crippen molar-refractivity contribution in [1.29, 1.82) is 0 Å². The molecule has 0 aromatic rings. The maximum Gasteiger partial charge on any atom is 0.242 e. The van der Waals surface area contributed by atoms with Crippen molar-refractivity contribution in [3.05, 3.63) is 0 Å². The molecule has 134 valence electrons. The summed E-state index contributed by atoms with van der Waals surface area (Å²) >= 11 is 0. The molecule has 0 bridgehead atoms. The van der Waals surface area contributed by atoms with Crippen molar-refractivity contribution < 1.29 is 19.2 Å². The van der Waals surface area contributed by atoms with Gasteiger partial charge in [-0.1, -0.05) is 13.8 Å². The Morgan fingerprint density at radius 3 is 2.12 bits per heavy atom. The van der Waals surface area contributed by atoms with Crippen molar-refractivity contribution in [2.24, 2.45) is 5.92 Å². The van der Waals surface area contributed by atoms with Gasteiger partial charge in [0.25, 0.3) is 0 Å². The van der Waals surface area contributed by atoms with E-state index >= 15 is 0 Å². The lowest BCUT2D eigenvalue weighted by Gasteiger charge is -2.34. The van der Waals surface area contributed by atoms with Crippen LogP contribution in [0.3, 0.4) is 0 Å². The zero-order valence-electron chi connectivity index (χ0n) is 14.4. The molecule has 1 N–H and O–H groups in total. The summed E-state index contributed by atoms with van der Waals surface area (Å²) in [6, 6.07) is 0. The first-order valence-electron chi connectivity index (χ1n) is 8.47. The lowest BCUT2D eigenvalue weighted by Crippen LogP contribution is -2.53. The maximum absolute atomic E-state index is 12.2. The second-order valence-corrected chi connectivity index (χ2v) is 6.73. The van der Waals surface area contributed by atoms with Gasteiger partial charge >= 0.3 is 0 Å². The Morgan fingerprint density at radius 2 is 1.58 bits per heavy atom. The number of hydrogen-bond acceptors (Lipinski definition) is 5. The molecule has 4 amide bonds. The second-order valence-electron chi connectivity index (χ2n) is 6.73. The molecule has 2 aliphatic heterocycles. The van der Waals surface area contributed by atoms with Gasteiger partial charge < -0.3 is 10.2 Å². The van der Waals surface area contributed by atoms with Gasteiger partial charge in [0.15, 0.2) is 0 Å². The third kappa shape index (κ3) is 5.02. The first-order chi connectivity index (χ1) is 11.4. The summed E-state index contributed by atoms with van der Waals surface area (Å²) in [7, 11) is 0. The van der Waals surface area contributed by atoms with Crippen LogP contribution in [0.2, 0.25) is 0 Å². The van der Waals surface area contributed by atoms with E-state index in [9.17, 15) is 19.2 Å². The lowest BCUT2D eigenvalue weighted by molar-refractivity contribution is -0.146. The number of rotatable bonds is 6. The molecule has 2 fully saturated rings. The second kappa shape index (κ2) is 8.23. The molecule has 2 heterocycles. The molecule has 0 saturated carbocycles. The Morgan fingerprint density at radius 1 is 1.00 bits per heavy atom. The minimum absolute atomic E-state index is 0.00302. The normalized spacial score (nSPS) is 19.3. The van der Waals surface area contributed by atoms with E-state index in [-0.39, 0.29) is 43.0 Å². The standard InChI is InChI=1S/C16H26N4O4/c1-12(2)9-17-13(21)10-18-5-7-19(8-6-18)16(24)11-20-14(22)3-4-15(20)23/h12H,3-11H2,1-2H3,(H,17,21). The average molecular weight is 338 g/mol. The van der Waals surface area contributed by atoms with Gasteiger partial charge in [0, 0.05) is 45.6 Å². The fraction of sp³-hybridized carbons (Fsp3) is 0.750. The monoisotopic (exact) mass is 338 g/mol. The summed E-state index contributed by atoms with van der Waals surface area (Å²) in [5.41, 5.74) is 0.